The zero-order valence-electron chi connectivity index (χ0n) is 8.97. The van der Waals surface area contributed by atoms with Gasteiger partial charge in [0.2, 0.25) is 0 Å². The molecule has 94 valence electrons. The molecule has 0 saturated heterocycles. The van der Waals surface area contributed by atoms with Gasteiger partial charge in [-0.1, -0.05) is 29.8 Å². The van der Waals surface area contributed by atoms with Crippen molar-refractivity contribution in [2.75, 3.05) is 4.72 Å². The third kappa shape index (κ3) is 2.77. The van der Waals surface area contributed by atoms with Crippen LogP contribution in [-0.4, -0.2) is 13.4 Å². The van der Waals surface area contributed by atoms with Gasteiger partial charge in [0.25, 0.3) is 10.0 Å². The van der Waals surface area contributed by atoms with E-state index in [1.165, 1.54) is 36.4 Å². The highest BCUT2D eigenvalue weighted by Gasteiger charge is 2.18. The molecule has 0 spiro atoms. The minimum Gasteiger partial charge on any atom is -0.263 e. The predicted molar refractivity (Wildman–Crippen MR) is 66.5 cm³/mol. The molecule has 1 N–H and O–H groups in total. The highest BCUT2D eigenvalue weighted by atomic mass is 35.5. The van der Waals surface area contributed by atoms with E-state index in [2.05, 4.69) is 9.71 Å². The average Bonchev–Trinajstić information content (AvgIpc) is 2.28. The van der Waals surface area contributed by atoms with E-state index in [9.17, 15) is 12.8 Å². The van der Waals surface area contributed by atoms with Crippen LogP contribution in [0.25, 0.3) is 0 Å². The Balaban J connectivity index is 2.37. The van der Waals surface area contributed by atoms with Gasteiger partial charge in [-0.25, -0.2) is 17.8 Å². The molecule has 0 aliphatic heterocycles. The molecule has 0 aliphatic rings. The molecule has 2 aromatic rings. The summed E-state index contributed by atoms with van der Waals surface area (Å²) < 4.78 is 39.4. The Kier molecular flexibility index (Phi) is 3.49. The van der Waals surface area contributed by atoms with Gasteiger partial charge in [0.1, 0.15) is 21.7 Å². The van der Waals surface area contributed by atoms with Crippen molar-refractivity contribution in [2.45, 2.75) is 4.90 Å². The van der Waals surface area contributed by atoms with Crippen LogP contribution in [0.4, 0.5) is 10.2 Å². The van der Waals surface area contributed by atoms with Crippen LogP contribution in [0, 0.1) is 5.82 Å². The Labute approximate surface area is 108 Å². The van der Waals surface area contributed by atoms with Gasteiger partial charge in [-0.15, -0.1) is 0 Å². The molecular weight excluding hydrogens is 279 g/mol. The van der Waals surface area contributed by atoms with Crippen molar-refractivity contribution in [3.05, 3.63) is 53.4 Å². The Morgan fingerprint density at radius 1 is 1.11 bits per heavy atom. The predicted octanol–water partition coefficient (Wildman–Crippen LogP) is 2.67. The van der Waals surface area contributed by atoms with Crippen LogP contribution >= 0.6 is 11.6 Å². The fourth-order valence-corrected chi connectivity index (χ4v) is 2.57. The lowest BCUT2D eigenvalue weighted by Crippen LogP contribution is -2.15. The number of pyridine rings is 1. The molecule has 1 aromatic heterocycles. The van der Waals surface area contributed by atoms with E-state index in [4.69, 9.17) is 11.6 Å². The molecule has 0 atom stereocenters. The number of benzene rings is 1. The van der Waals surface area contributed by atoms with Gasteiger partial charge in [0.05, 0.1) is 0 Å². The maximum atomic E-state index is 13.4. The van der Waals surface area contributed by atoms with Gasteiger partial charge in [-0.05, 0) is 24.3 Å². The summed E-state index contributed by atoms with van der Waals surface area (Å²) in [5.41, 5.74) is 0. The van der Waals surface area contributed by atoms with Crippen molar-refractivity contribution < 1.29 is 12.8 Å². The molecule has 0 amide bonds. The number of anilines is 1. The summed E-state index contributed by atoms with van der Waals surface area (Å²) in [6.45, 7) is 0. The Morgan fingerprint density at radius 3 is 2.50 bits per heavy atom. The SMILES string of the molecule is O=S(=O)(Nc1cccc(Cl)n1)c1ccccc1F. The van der Waals surface area contributed by atoms with E-state index in [0.29, 0.717) is 0 Å². The molecule has 0 bridgehead atoms. The molecule has 0 fully saturated rings. The second kappa shape index (κ2) is 4.91. The first-order valence-corrected chi connectivity index (χ1v) is 6.75. The van der Waals surface area contributed by atoms with Gasteiger partial charge < -0.3 is 0 Å². The maximum Gasteiger partial charge on any atom is 0.265 e. The normalized spacial score (nSPS) is 11.2. The largest absolute Gasteiger partial charge is 0.265 e. The molecule has 1 aromatic carbocycles. The van der Waals surface area contributed by atoms with E-state index in [-0.39, 0.29) is 11.0 Å². The van der Waals surface area contributed by atoms with Crippen LogP contribution in [0.5, 0.6) is 0 Å². The fraction of sp³-hybridized carbons (Fsp3) is 0. The first-order chi connectivity index (χ1) is 8.49. The molecular formula is C11H8ClFN2O2S. The van der Waals surface area contributed by atoms with Crippen LogP contribution in [0.3, 0.4) is 0 Å². The number of aromatic nitrogens is 1. The summed E-state index contributed by atoms with van der Waals surface area (Å²) in [6, 6.07) is 9.54. The van der Waals surface area contributed by atoms with Gasteiger partial charge >= 0.3 is 0 Å². The molecule has 0 unspecified atom stereocenters. The zero-order chi connectivity index (χ0) is 13.2. The second-order valence-corrected chi connectivity index (χ2v) is 5.42. The number of hydrogen-bond acceptors (Lipinski definition) is 3. The van der Waals surface area contributed by atoms with Gasteiger partial charge in [-0.2, -0.15) is 0 Å². The lowest BCUT2D eigenvalue weighted by Gasteiger charge is -2.07. The van der Waals surface area contributed by atoms with Crippen LogP contribution in [0.2, 0.25) is 5.15 Å². The third-order valence-corrected chi connectivity index (χ3v) is 3.68. The summed E-state index contributed by atoms with van der Waals surface area (Å²) >= 11 is 5.63. The summed E-state index contributed by atoms with van der Waals surface area (Å²) in [4.78, 5) is 3.33. The molecule has 7 heteroatoms. The number of halogens is 2. The summed E-state index contributed by atoms with van der Waals surface area (Å²) in [7, 11) is -4.01. The molecule has 0 aliphatic carbocycles. The standard InChI is InChI=1S/C11H8ClFN2O2S/c12-10-6-3-7-11(14-10)15-18(16,17)9-5-2-1-4-8(9)13/h1-7H,(H,14,15). The Morgan fingerprint density at radius 2 is 1.83 bits per heavy atom. The van der Waals surface area contributed by atoms with Crippen molar-refractivity contribution in [3.8, 4) is 0 Å². The van der Waals surface area contributed by atoms with Crippen molar-refractivity contribution in [1.82, 2.24) is 4.98 Å². The van der Waals surface area contributed by atoms with Gasteiger partial charge in [0, 0.05) is 0 Å². The summed E-state index contributed by atoms with van der Waals surface area (Å²) in [6.07, 6.45) is 0. The zero-order valence-corrected chi connectivity index (χ0v) is 10.5. The number of sulfonamides is 1. The van der Waals surface area contributed by atoms with E-state index in [0.717, 1.165) is 6.07 Å². The van der Waals surface area contributed by atoms with Gasteiger partial charge in [0.15, 0.2) is 0 Å². The maximum absolute atomic E-state index is 13.4. The van der Waals surface area contributed by atoms with Crippen LogP contribution in [0.15, 0.2) is 47.4 Å². The molecule has 0 saturated carbocycles. The highest BCUT2D eigenvalue weighted by Crippen LogP contribution is 2.18. The van der Waals surface area contributed by atoms with E-state index >= 15 is 0 Å². The van der Waals surface area contributed by atoms with Crippen molar-refractivity contribution in [2.24, 2.45) is 0 Å². The van der Waals surface area contributed by atoms with Crippen LogP contribution in [-0.2, 0) is 10.0 Å². The molecule has 18 heavy (non-hydrogen) atoms. The first kappa shape index (κ1) is 12.8. The molecule has 1 heterocycles. The van der Waals surface area contributed by atoms with E-state index in [1.807, 2.05) is 0 Å². The molecule has 2 rings (SSSR count). The highest BCUT2D eigenvalue weighted by molar-refractivity contribution is 7.92. The minimum atomic E-state index is -4.01. The average molecular weight is 287 g/mol. The number of nitrogens with zero attached hydrogens (tertiary/aromatic N) is 1. The monoisotopic (exact) mass is 286 g/mol. The quantitative estimate of drug-likeness (QED) is 0.883. The van der Waals surface area contributed by atoms with Crippen molar-refractivity contribution in [3.63, 3.8) is 0 Å². The Bertz CT molecular complexity index is 676. The van der Waals surface area contributed by atoms with Crippen molar-refractivity contribution in [1.29, 1.82) is 0 Å². The molecule has 4 nitrogen and oxygen atoms in total. The topological polar surface area (TPSA) is 59.1 Å². The van der Waals surface area contributed by atoms with Crippen LogP contribution in [0.1, 0.15) is 0 Å². The summed E-state index contributed by atoms with van der Waals surface area (Å²) in [5, 5.41) is 0.142. The van der Waals surface area contributed by atoms with Crippen molar-refractivity contribution >= 4 is 27.4 Å². The van der Waals surface area contributed by atoms with E-state index < -0.39 is 20.7 Å². The third-order valence-electron chi connectivity index (χ3n) is 2.08. The number of rotatable bonds is 3. The smallest absolute Gasteiger partial charge is 0.263 e. The van der Waals surface area contributed by atoms with Gasteiger partial charge in [-0.3, -0.25) is 4.72 Å². The number of hydrogen-bond donors (Lipinski definition) is 1. The lowest BCUT2D eigenvalue weighted by molar-refractivity contribution is 0.570. The second-order valence-electron chi connectivity index (χ2n) is 3.38. The Hall–Kier alpha value is -1.66. The summed E-state index contributed by atoms with van der Waals surface area (Å²) in [5.74, 6) is -0.794. The number of nitrogens with one attached hydrogen (secondary N) is 1. The fourth-order valence-electron chi connectivity index (χ4n) is 1.32. The molecule has 0 radical (unpaired) electrons. The van der Waals surface area contributed by atoms with Crippen LogP contribution < -0.4 is 4.72 Å². The lowest BCUT2D eigenvalue weighted by atomic mass is 10.4. The first-order valence-electron chi connectivity index (χ1n) is 4.89. The minimum absolute atomic E-state index is 0.0331. The van der Waals surface area contributed by atoms with E-state index in [1.54, 1.807) is 0 Å².